The highest BCUT2D eigenvalue weighted by Gasteiger charge is 2.43. The summed E-state index contributed by atoms with van der Waals surface area (Å²) in [6.07, 6.45) is 3.68. The number of nitrogens with two attached hydrogens (primary N) is 1. The molecule has 1 unspecified atom stereocenters. The van der Waals surface area contributed by atoms with Gasteiger partial charge in [0, 0.05) is 24.0 Å². The van der Waals surface area contributed by atoms with Crippen molar-refractivity contribution >= 4 is 11.7 Å². The van der Waals surface area contributed by atoms with Gasteiger partial charge in [0.15, 0.2) is 0 Å². The molecule has 2 aliphatic rings. The number of pyridine rings is 1. The number of hydrogen-bond acceptors (Lipinski definition) is 5. The summed E-state index contributed by atoms with van der Waals surface area (Å²) < 4.78 is 8.30. The average Bonchev–Trinajstić information content (AvgIpc) is 3.51. The number of rotatable bonds is 5. The fourth-order valence-electron chi connectivity index (χ4n) is 5.30. The number of hydrogen-bond donors (Lipinski definition) is 2. The van der Waals surface area contributed by atoms with Crippen molar-refractivity contribution in [3.05, 3.63) is 111 Å². The van der Waals surface area contributed by atoms with E-state index in [1.54, 1.807) is 0 Å². The van der Waals surface area contributed by atoms with Crippen LogP contribution in [0.25, 0.3) is 0 Å². The number of nitrogens with zero attached hydrogens (tertiary/aromatic N) is 3. The van der Waals surface area contributed by atoms with Crippen LogP contribution in [0, 0.1) is 20.8 Å². The second-order valence-corrected chi connectivity index (χ2v) is 9.53. The molecule has 0 radical (unpaired) electrons. The summed E-state index contributed by atoms with van der Waals surface area (Å²) in [5.74, 6) is 0.376. The number of nitrogen functional groups attached to an aromatic ring is 1. The molecule has 0 aliphatic carbocycles. The standard InChI is InChI=1S/C28H27N5O2/c1-15-11-31-33(13-15)14-18-4-6-20-22(9-18)27-23-10-19(5-7-21(23)26(20)35-27)28(34)30-12-24-16(2)8-25(29)32-17(24)3/h4-11,13,26-27H,12,14H2,1-3H3,(H2,29,32)(H,30,34)/t26-,27?/m1/s1. The normalized spacial score (nSPS) is 17.3. The molecule has 4 aromatic rings. The quantitative estimate of drug-likeness (QED) is 0.459. The van der Waals surface area contributed by atoms with Gasteiger partial charge in [0.25, 0.3) is 5.91 Å². The maximum Gasteiger partial charge on any atom is 0.251 e. The zero-order valence-electron chi connectivity index (χ0n) is 20.0. The smallest absolute Gasteiger partial charge is 0.251 e. The van der Waals surface area contributed by atoms with Crippen LogP contribution in [0.5, 0.6) is 0 Å². The zero-order valence-corrected chi connectivity index (χ0v) is 20.0. The fourth-order valence-corrected chi connectivity index (χ4v) is 5.30. The molecule has 176 valence electrons. The van der Waals surface area contributed by atoms with Gasteiger partial charge in [-0.25, -0.2) is 4.98 Å². The summed E-state index contributed by atoms with van der Waals surface area (Å²) in [6.45, 7) is 7.05. The second kappa shape index (κ2) is 8.06. The first-order chi connectivity index (χ1) is 16.9. The Hall–Kier alpha value is -3.97. The summed E-state index contributed by atoms with van der Waals surface area (Å²) >= 11 is 0. The SMILES string of the molecule is Cc1cnn(Cc2ccc3c(c2)C2O[C@H]3c3ccc(C(=O)NCc4c(C)cc(N)nc4C)cc32)c1. The Balaban J connectivity index is 1.22. The monoisotopic (exact) mass is 465 g/mol. The van der Waals surface area contributed by atoms with Gasteiger partial charge < -0.3 is 15.8 Å². The van der Waals surface area contributed by atoms with Crippen LogP contribution in [0.4, 0.5) is 5.82 Å². The lowest BCUT2D eigenvalue weighted by Crippen LogP contribution is -2.24. The minimum atomic E-state index is -0.150. The molecule has 0 saturated heterocycles. The van der Waals surface area contributed by atoms with E-state index in [1.807, 2.05) is 62.1 Å². The molecule has 0 fully saturated rings. The van der Waals surface area contributed by atoms with Crippen molar-refractivity contribution in [2.75, 3.05) is 5.73 Å². The van der Waals surface area contributed by atoms with Crippen molar-refractivity contribution in [1.82, 2.24) is 20.1 Å². The molecule has 35 heavy (non-hydrogen) atoms. The number of amides is 1. The van der Waals surface area contributed by atoms with E-state index in [9.17, 15) is 4.79 Å². The van der Waals surface area contributed by atoms with Gasteiger partial charge in [0.2, 0.25) is 0 Å². The van der Waals surface area contributed by atoms with E-state index in [1.165, 1.54) is 16.7 Å². The number of ether oxygens (including phenoxy) is 1. The van der Waals surface area contributed by atoms with E-state index >= 15 is 0 Å². The Bertz CT molecular complexity index is 1470. The highest BCUT2D eigenvalue weighted by molar-refractivity contribution is 5.94. The van der Waals surface area contributed by atoms with Crippen LogP contribution in [-0.2, 0) is 17.8 Å². The highest BCUT2D eigenvalue weighted by Crippen LogP contribution is 2.54. The topological polar surface area (TPSA) is 95.1 Å². The van der Waals surface area contributed by atoms with Crippen molar-refractivity contribution in [1.29, 1.82) is 0 Å². The minimum absolute atomic E-state index is 0.0748. The molecule has 7 nitrogen and oxygen atoms in total. The first-order valence-corrected chi connectivity index (χ1v) is 11.8. The van der Waals surface area contributed by atoms with E-state index in [0.29, 0.717) is 24.5 Å². The molecule has 2 atom stereocenters. The lowest BCUT2D eigenvalue weighted by atomic mass is 9.84. The van der Waals surface area contributed by atoms with E-state index < -0.39 is 0 Å². The molecule has 6 rings (SSSR count). The van der Waals surface area contributed by atoms with Gasteiger partial charge in [-0.2, -0.15) is 5.10 Å². The molecular formula is C28H27N5O2. The molecular weight excluding hydrogens is 438 g/mol. The number of carbonyl (C=O) groups excluding carboxylic acids is 1. The molecule has 4 heterocycles. The number of benzene rings is 2. The van der Waals surface area contributed by atoms with Gasteiger partial charge in [0.05, 0.1) is 12.7 Å². The number of aryl methyl sites for hydroxylation is 3. The minimum Gasteiger partial charge on any atom is -0.384 e. The second-order valence-electron chi connectivity index (χ2n) is 9.53. The van der Waals surface area contributed by atoms with Gasteiger partial charge in [-0.05, 0) is 83.5 Å². The molecule has 1 amide bonds. The Morgan fingerprint density at radius 1 is 1.03 bits per heavy atom. The summed E-state index contributed by atoms with van der Waals surface area (Å²) in [5, 5.41) is 7.44. The van der Waals surface area contributed by atoms with Crippen molar-refractivity contribution in [2.24, 2.45) is 0 Å². The third kappa shape index (κ3) is 3.68. The largest absolute Gasteiger partial charge is 0.384 e. The Kier molecular flexibility index (Phi) is 4.96. The van der Waals surface area contributed by atoms with Crippen LogP contribution in [0.2, 0.25) is 0 Å². The Morgan fingerprint density at radius 3 is 2.51 bits per heavy atom. The molecule has 0 saturated carbocycles. The number of fused-ring (bicyclic) bond motifs is 8. The summed E-state index contributed by atoms with van der Waals surface area (Å²) in [4.78, 5) is 17.3. The maximum atomic E-state index is 13.0. The lowest BCUT2D eigenvalue weighted by molar-refractivity contribution is 0.0857. The molecule has 2 aliphatic heterocycles. The van der Waals surface area contributed by atoms with E-state index in [2.05, 4.69) is 33.6 Å². The molecule has 7 heteroatoms. The van der Waals surface area contributed by atoms with Crippen LogP contribution in [0.3, 0.4) is 0 Å². The summed E-state index contributed by atoms with van der Waals surface area (Å²) in [6, 6.07) is 14.2. The molecule has 3 N–H and O–H groups in total. The first kappa shape index (κ1) is 21.6. The summed E-state index contributed by atoms with van der Waals surface area (Å²) in [5.41, 5.74) is 16.2. The van der Waals surface area contributed by atoms with E-state index in [0.717, 1.165) is 33.5 Å². The van der Waals surface area contributed by atoms with Crippen molar-refractivity contribution in [3.63, 3.8) is 0 Å². The van der Waals surface area contributed by atoms with Gasteiger partial charge in [0.1, 0.15) is 18.0 Å². The van der Waals surface area contributed by atoms with Crippen LogP contribution < -0.4 is 11.1 Å². The van der Waals surface area contributed by atoms with Gasteiger partial charge in [-0.1, -0.05) is 24.3 Å². The third-order valence-corrected chi connectivity index (χ3v) is 7.01. The molecule has 2 aromatic carbocycles. The van der Waals surface area contributed by atoms with Crippen molar-refractivity contribution in [2.45, 2.75) is 46.1 Å². The number of nitrogens with one attached hydrogen (secondary N) is 1. The first-order valence-electron chi connectivity index (χ1n) is 11.8. The van der Waals surface area contributed by atoms with Crippen molar-refractivity contribution < 1.29 is 9.53 Å². The zero-order chi connectivity index (χ0) is 24.3. The van der Waals surface area contributed by atoms with E-state index in [4.69, 9.17) is 10.5 Å². The third-order valence-electron chi connectivity index (χ3n) is 7.01. The van der Waals surface area contributed by atoms with Gasteiger partial charge >= 0.3 is 0 Å². The van der Waals surface area contributed by atoms with Crippen LogP contribution in [0.15, 0.2) is 54.9 Å². The average molecular weight is 466 g/mol. The molecule has 0 spiro atoms. The number of aromatic nitrogens is 3. The predicted molar refractivity (Wildman–Crippen MR) is 133 cm³/mol. The molecule has 2 bridgehead atoms. The van der Waals surface area contributed by atoms with Gasteiger partial charge in [-0.15, -0.1) is 0 Å². The van der Waals surface area contributed by atoms with E-state index in [-0.39, 0.29) is 18.1 Å². The maximum absolute atomic E-state index is 13.0. The Morgan fingerprint density at radius 2 is 1.77 bits per heavy atom. The lowest BCUT2D eigenvalue weighted by Gasteiger charge is -2.18. The van der Waals surface area contributed by atoms with Crippen molar-refractivity contribution in [3.8, 4) is 0 Å². The molecule has 2 aromatic heterocycles. The number of anilines is 1. The predicted octanol–water partition coefficient (Wildman–Crippen LogP) is 4.29. The number of carbonyl (C=O) groups is 1. The van der Waals surface area contributed by atoms with Gasteiger partial charge in [-0.3, -0.25) is 9.48 Å². The van der Waals surface area contributed by atoms with Crippen LogP contribution in [-0.4, -0.2) is 20.7 Å². The van der Waals surface area contributed by atoms with Crippen LogP contribution >= 0.6 is 0 Å². The van der Waals surface area contributed by atoms with Crippen LogP contribution in [0.1, 0.15) is 72.8 Å². The fraction of sp³-hybridized carbons (Fsp3) is 0.250. The summed E-state index contributed by atoms with van der Waals surface area (Å²) in [7, 11) is 0. The highest BCUT2D eigenvalue weighted by atomic mass is 16.5. The Labute approximate surface area is 204 Å².